The summed E-state index contributed by atoms with van der Waals surface area (Å²) < 4.78 is 0. The van der Waals surface area contributed by atoms with Gasteiger partial charge in [-0.15, -0.1) is 0 Å². The van der Waals surface area contributed by atoms with E-state index >= 15 is 0 Å². The highest BCUT2D eigenvalue weighted by Gasteiger charge is 2.26. The summed E-state index contributed by atoms with van der Waals surface area (Å²) >= 11 is 0. The summed E-state index contributed by atoms with van der Waals surface area (Å²) in [6, 6.07) is 67.8. The number of amidine groups is 1. The van der Waals surface area contributed by atoms with Gasteiger partial charge in [-0.05, 0) is 88.6 Å². The first kappa shape index (κ1) is 30.3. The van der Waals surface area contributed by atoms with Crippen LogP contribution in [-0.2, 0) is 0 Å². The second kappa shape index (κ2) is 12.6. The molecule has 2 N–H and O–H groups in total. The zero-order chi connectivity index (χ0) is 34.4. The lowest BCUT2D eigenvalue weighted by molar-refractivity contribution is 0.409. The molecule has 1 aliphatic rings. The molecule has 0 saturated heterocycles. The Hall–Kier alpha value is -6.55. The standard InChI is InChI=1S/C49H35N3/c1-3-15-33(16-4-1)47-50-48(34-17-5-2-6-18-34)52-49(51-47)37-20-13-19-36(30-37)46-38-21-8-7-14-32(38)26-28-39(46)35-27-29-44-42-24-10-9-22-40(42)41-23-11-12-25-43(41)45(44)31-35/h1-31,47,49,51H,(H,50,52). The van der Waals surface area contributed by atoms with Gasteiger partial charge in [0.1, 0.15) is 18.2 Å². The van der Waals surface area contributed by atoms with E-state index in [9.17, 15) is 0 Å². The predicted molar refractivity (Wildman–Crippen MR) is 219 cm³/mol. The Bertz CT molecular complexity index is 2770. The highest BCUT2D eigenvalue weighted by atomic mass is 15.3. The van der Waals surface area contributed by atoms with E-state index in [0.717, 1.165) is 17.0 Å². The molecule has 1 heterocycles. The topological polar surface area (TPSA) is 36.4 Å². The van der Waals surface area contributed by atoms with E-state index in [1.165, 1.54) is 70.9 Å². The quantitative estimate of drug-likeness (QED) is 0.180. The molecule has 0 amide bonds. The molecule has 0 radical (unpaired) electrons. The van der Waals surface area contributed by atoms with Crippen LogP contribution in [0.1, 0.15) is 29.0 Å². The van der Waals surface area contributed by atoms with Crippen molar-refractivity contribution >= 4 is 48.9 Å². The smallest absolute Gasteiger partial charge is 0.131 e. The number of fused-ring (bicyclic) bond motifs is 7. The average Bonchev–Trinajstić information content (AvgIpc) is 3.23. The van der Waals surface area contributed by atoms with Crippen molar-refractivity contribution in [1.82, 2.24) is 10.6 Å². The van der Waals surface area contributed by atoms with Crippen LogP contribution in [0.3, 0.4) is 0 Å². The van der Waals surface area contributed by atoms with Crippen LogP contribution in [0.4, 0.5) is 0 Å². The molecular weight excluding hydrogens is 631 g/mol. The molecule has 0 saturated carbocycles. The zero-order valence-electron chi connectivity index (χ0n) is 28.5. The maximum atomic E-state index is 5.26. The summed E-state index contributed by atoms with van der Waals surface area (Å²) in [7, 11) is 0. The number of hydrogen-bond acceptors (Lipinski definition) is 3. The molecule has 10 rings (SSSR count). The molecule has 9 aromatic rings. The van der Waals surface area contributed by atoms with Gasteiger partial charge in [0.15, 0.2) is 0 Å². The Morgan fingerprint density at radius 1 is 0.385 bits per heavy atom. The van der Waals surface area contributed by atoms with Crippen molar-refractivity contribution in [2.24, 2.45) is 4.99 Å². The van der Waals surface area contributed by atoms with Crippen molar-refractivity contribution in [1.29, 1.82) is 0 Å². The summed E-state index contributed by atoms with van der Waals surface area (Å²) in [5, 5.41) is 17.6. The van der Waals surface area contributed by atoms with Crippen LogP contribution >= 0.6 is 0 Å². The molecule has 0 fully saturated rings. The number of rotatable bonds is 5. The third kappa shape index (κ3) is 5.22. The lowest BCUT2D eigenvalue weighted by atomic mass is 9.87. The maximum absolute atomic E-state index is 5.26. The van der Waals surface area contributed by atoms with Gasteiger partial charge in [-0.3, -0.25) is 5.32 Å². The maximum Gasteiger partial charge on any atom is 0.131 e. The Balaban J connectivity index is 1.15. The highest BCUT2D eigenvalue weighted by Crippen LogP contribution is 2.42. The molecule has 3 nitrogen and oxygen atoms in total. The van der Waals surface area contributed by atoms with Crippen LogP contribution < -0.4 is 10.6 Å². The SMILES string of the molecule is c1ccc(C2=NC(c3cccc(-c4c(-c5ccc6c7ccccc7c7ccccc7c6c5)ccc5ccccc45)c3)NC(c3ccccc3)N2)cc1. The highest BCUT2D eigenvalue weighted by molar-refractivity contribution is 6.26. The molecule has 0 bridgehead atoms. The molecule has 0 spiro atoms. The summed E-state index contributed by atoms with van der Waals surface area (Å²) in [5.41, 5.74) is 8.16. The van der Waals surface area contributed by atoms with Gasteiger partial charge < -0.3 is 5.32 Å². The van der Waals surface area contributed by atoms with Crippen molar-refractivity contribution < 1.29 is 0 Å². The molecule has 246 valence electrons. The molecular formula is C49H35N3. The fourth-order valence-electron chi connectivity index (χ4n) is 8.05. The third-order valence-corrected chi connectivity index (χ3v) is 10.5. The fourth-order valence-corrected chi connectivity index (χ4v) is 8.05. The molecule has 2 unspecified atom stereocenters. The predicted octanol–water partition coefficient (Wildman–Crippen LogP) is 12.0. The molecule has 9 aromatic carbocycles. The molecule has 2 atom stereocenters. The van der Waals surface area contributed by atoms with E-state index in [-0.39, 0.29) is 12.3 Å². The lowest BCUT2D eigenvalue weighted by Crippen LogP contribution is -2.44. The first-order valence-corrected chi connectivity index (χ1v) is 17.9. The molecule has 1 aliphatic heterocycles. The van der Waals surface area contributed by atoms with Crippen molar-refractivity contribution in [2.45, 2.75) is 12.3 Å². The monoisotopic (exact) mass is 665 g/mol. The van der Waals surface area contributed by atoms with E-state index in [0.29, 0.717) is 0 Å². The third-order valence-electron chi connectivity index (χ3n) is 10.5. The van der Waals surface area contributed by atoms with Crippen molar-refractivity contribution in [3.05, 3.63) is 205 Å². The van der Waals surface area contributed by atoms with Crippen LogP contribution in [0.25, 0.3) is 65.3 Å². The number of benzene rings is 9. The Labute approximate surface area is 302 Å². The number of nitrogens with one attached hydrogen (secondary N) is 2. The van der Waals surface area contributed by atoms with Crippen molar-refractivity contribution in [3.8, 4) is 22.3 Å². The molecule has 3 heteroatoms. The first-order valence-electron chi connectivity index (χ1n) is 17.9. The minimum absolute atomic E-state index is 0.0980. The minimum atomic E-state index is -0.250. The van der Waals surface area contributed by atoms with E-state index in [1.807, 2.05) is 6.07 Å². The van der Waals surface area contributed by atoms with Crippen molar-refractivity contribution in [2.75, 3.05) is 0 Å². The van der Waals surface area contributed by atoms with Crippen LogP contribution in [0, 0.1) is 0 Å². The van der Waals surface area contributed by atoms with Gasteiger partial charge in [-0.2, -0.15) is 0 Å². The van der Waals surface area contributed by atoms with E-state index in [1.54, 1.807) is 0 Å². The number of hydrogen-bond donors (Lipinski definition) is 2. The minimum Gasteiger partial charge on any atom is -0.350 e. The molecule has 0 aromatic heterocycles. The van der Waals surface area contributed by atoms with Crippen molar-refractivity contribution in [3.63, 3.8) is 0 Å². The Kier molecular flexibility index (Phi) is 7.37. The summed E-state index contributed by atoms with van der Waals surface area (Å²) in [5.74, 6) is 0.880. The Morgan fingerprint density at radius 2 is 0.962 bits per heavy atom. The first-order chi connectivity index (χ1) is 25.8. The van der Waals surface area contributed by atoms with E-state index < -0.39 is 0 Å². The largest absolute Gasteiger partial charge is 0.350 e. The number of aliphatic imine (C=N–C) groups is 1. The van der Waals surface area contributed by atoms with Crippen LogP contribution in [-0.4, -0.2) is 5.84 Å². The van der Waals surface area contributed by atoms with Gasteiger partial charge in [-0.25, -0.2) is 4.99 Å². The fraction of sp³-hybridized carbons (Fsp3) is 0.0408. The lowest BCUT2D eigenvalue weighted by Gasteiger charge is -2.32. The van der Waals surface area contributed by atoms with Gasteiger partial charge in [0.05, 0.1) is 0 Å². The van der Waals surface area contributed by atoms with Gasteiger partial charge in [0, 0.05) is 5.56 Å². The van der Waals surface area contributed by atoms with Crippen LogP contribution in [0.5, 0.6) is 0 Å². The van der Waals surface area contributed by atoms with E-state index in [2.05, 4.69) is 193 Å². The average molecular weight is 666 g/mol. The summed E-state index contributed by atoms with van der Waals surface area (Å²) in [6.07, 6.45) is -0.348. The van der Waals surface area contributed by atoms with Gasteiger partial charge >= 0.3 is 0 Å². The normalized spacial score (nSPS) is 15.9. The Morgan fingerprint density at radius 3 is 1.69 bits per heavy atom. The summed E-state index contributed by atoms with van der Waals surface area (Å²) in [4.78, 5) is 5.26. The summed E-state index contributed by atoms with van der Waals surface area (Å²) in [6.45, 7) is 0. The van der Waals surface area contributed by atoms with Gasteiger partial charge in [-0.1, -0.05) is 176 Å². The molecule has 52 heavy (non-hydrogen) atoms. The van der Waals surface area contributed by atoms with Crippen LogP contribution in [0.15, 0.2) is 193 Å². The van der Waals surface area contributed by atoms with E-state index in [4.69, 9.17) is 4.99 Å². The second-order valence-corrected chi connectivity index (χ2v) is 13.6. The van der Waals surface area contributed by atoms with Gasteiger partial charge in [0.25, 0.3) is 0 Å². The van der Waals surface area contributed by atoms with Gasteiger partial charge in [0.2, 0.25) is 0 Å². The zero-order valence-corrected chi connectivity index (χ0v) is 28.5. The molecule has 0 aliphatic carbocycles. The van der Waals surface area contributed by atoms with Crippen LogP contribution in [0.2, 0.25) is 0 Å². The number of nitrogens with zero attached hydrogens (tertiary/aromatic N) is 1. The second-order valence-electron chi connectivity index (χ2n) is 13.6.